The Hall–Kier alpha value is -1.62. The molecule has 2 aromatic carbocycles. The van der Waals surface area contributed by atoms with Crippen LogP contribution in [0.5, 0.6) is 0 Å². The van der Waals surface area contributed by atoms with Crippen LogP contribution in [0, 0.1) is 3.57 Å². The van der Waals surface area contributed by atoms with Crippen molar-refractivity contribution in [3.63, 3.8) is 0 Å². The summed E-state index contributed by atoms with van der Waals surface area (Å²) in [6.45, 7) is 0. The smallest absolute Gasteiger partial charge is 0.106 e. The second-order valence-electron chi connectivity index (χ2n) is 3.99. The SMILES string of the molecule is Ic1c(-c2ccccc2)n[nH]c1-c1ccccc1. The summed E-state index contributed by atoms with van der Waals surface area (Å²) in [5.74, 6) is 0. The summed E-state index contributed by atoms with van der Waals surface area (Å²) in [4.78, 5) is 0. The molecule has 0 amide bonds. The van der Waals surface area contributed by atoms with Crippen molar-refractivity contribution in [3.05, 3.63) is 64.2 Å². The van der Waals surface area contributed by atoms with Gasteiger partial charge in [-0.2, -0.15) is 5.10 Å². The fraction of sp³-hybridized carbons (Fsp3) is 0. The van der Waals surface area contributed by atoms with Crippen LogP contribution >= 0.6 is 22.6 Å². The minimum atomic E-state index is 1.01. The van der Waals surface area contributed by atoms with Crippen molar-refractivity contribution < 1.29 is 0 Å². The molecule has 0 atom stereocenters. The van der Waals surface area contributed by atoms with Crippen molar-refractivity contribution in [2.45, 2.75) is 0 Å². The van der Waals surface area contributed by atoms with E-state index in [0.29, 0.717) is 0 Å². The fourth-order valence-electron chi connectivity index (χ4n) is 1.91. The first-order valence-corrected chi connectivity index (χ1v) is 6.79. The van der Waals surface area contributed by atoms with Crippen LogP contribution in [0.15, 0.2) is 60.7 Å². The molecular formula is C15H11IN2. The van der Waals surface area contributed by atoms with Crippen molar-refractivity contribution in [3.8, 4) is 22.5 Å². The number of halogens is 1. The molecule has 3 aromatic rings. The van der Waals surface area contributed by atoms with Crippen molar-refractivity contribution >= 4 is 22.6 Å². The lowest BCUT2D eigenvalue weighted by atomic mass is 10.1. The molecule has 0 aliphatic heterocycles. The average Bonchev–Trinajstić information content (AvgIpc) is 2.83. The third-order valence-electron chi connectivity index (χ3n) is 2.82. The Morgan fingerprint density at radius 2 is 1.33 bits per heavy atom. The maximum absolute atomic E-state index is 4.43. The maximum atomic E-state index is 4.43. The monoisotopic (exact) mass is 346 g/mol. The van der Waals surface area contributed by atoms with Crippen LogP contribution in [0.3, 0.4) is 0 Å². The molecule has 3 rings (SSSR count). The topological polar surface area (TPSA) is 28.7 Å². The van der Waals surface area contributed by atoms with Gasteiger partial charge in [-0.15, -0.1) is 0 Å². The van der Waals surface area contributed by atoms with Gasteiger partial charge in [-0.25, -0.2) is 0 Å². The maximum Gasteiger partial charge on any atom is 0.106 e. The molecule has 0 saturated heterocycles. The first-order valence-electron chi connectivity index (χ1n) is 5.71. The van der Waals surface area contributed by atoms with Crippen molar-refractivity contribution in [1.82, 2.24) is 10.2 Å². The molecule has 0 bridgehead atoms. The lowest BCUT2D eigenvalue weighted by Crippen LogP contribution is -1.81. The van der Waals surface area contributed by atoms with E-state index in [2.05, 4.69) is 57.1 Å². The molecule has 0 saturated carbocycles. The van der Waals surface area contributed by atoms with Crippen LogP contribution in [0.1, 0.15) is 0 Å². The summed E-state index contributed by atoms with van der Waals surface area (Å²) >= 11 is 2.35. The number of nitrogens with one attached hydrogen (secondary N) is 1. The third-order valence-corrected chi connectivity index (χ3v) is 3.87. The number of hydrogen-bond donors (Lipinski definition) is 1. The largest absolute Gasteiger partial charge is 0.276 e. The molecule has 2 nitrogen and oxygen atoms in total. The Bertz CT molecular complexity index is 588. The highest BCUT2D eigenvalue weighted by molar-refractivity contribution is 14.1. The average molecular weight is 346 g/mol. The van der Waals surface area contributed by atoms with E-state index in [0.717, 1.165) is 26.1 Å². The zero-order valence-electron chi connectivity index (χ0n) is 9.60. The Kier molecular flexibility index (Phi) is 3.15. The molecule has 88 valence electrons. The number of hydrogen-bond acceptors (Lipinski definition) is 1. The van der Waals surface area contributed by atoms with E-state index in [4.69, 9.17) is 0 Å². The first kappa shape index (κ1) is 11.5. The van der Waals surface area contributed by atoms with Gasteiger partial charge in [-0.3, -0.25) is 5.10 Å². The van der Waals surface area contributed by atoms with Gasteiger partial charge in [0.1, 0.15) is 5.69 Å². The van der Waals surface area contributed by atoms with Gasteiger partial charge in [-0.1, -0.05) is 60.7 Å². The van der Waals surface area contributed by atoms with Gasteiger partial charge in [0, 0.05) is 11.1 Å². The predicted molar refractivity (Wildman–Crippen MR) is 82.2 cm³/mol. The van der Waals surface area contributed by atoms with E-state index in [9.17, 15) is 0 Å². The molecule has 18 heavy (non-hydrogen) atoms. The minimum absolute atomic E-state index is 1.01. The highest BCUT2D eigenvalue weighted by Crippen LogP contribution is 2.30. The Morgan fingerprint density at radius 3 is 1.94 bits per heavy atom. The quantitative estimate of drug-likeness (QED) is 0.687. The van der Waals surface area contributed by atoms with Gasteiger partial charge in [0.25, 0.3) is 0 Å². The van der Waals surface area contributed by atoms with Gasteiger partial charge >= 0.3 is 0 Å². The Morgan fingerprint density at radius 1 is 0.778 bits per heavy atom. The first-order chi connectivity index (χ1) is 8.86. The molecule has 0 aliphatic rings. The highest BCUT2D eigenvalue weighted by Gasteiger charge is 2.12. The summed E-state index contributed by atoms with van der Waals surface area (Å²) in [5, 5.41) is 7.56. The van der Waals surface area contributed by atoms with E-state index in [1.807, 2.05) is 36.4 Å². The van der Waals surface area contributed by atoms with Gasteiger partial charge in [-0.05, 0) is 22.6 Å². The lowest BCUT2D eigenvalue weighted by Gasteiger charge is -1.99. The molecule has 0 aliphatic carbocycles. The van der Waals surface area contributed by atoms with Crippen LogP contribution in [0.25, 0.3) is 22.5 Å². The molecular weight excluding hydrogens is 335 g/mol. The zero-order valence-corrected chi connectivity index (χ0v) is 11.8. The summed E-state index contributed by atoms with van der Waals surface area (Å²) in [6, 6.07) is 20.5. The summed E-state index contributed by atoms with van der Waals surface area (Å²) < 4.78 is 1.16. The van der Waals surface area contributed by atoms with E-state index in [1.165, 1.54) is 0 Å². The highest BCUT2D eigenvalue weighted by atomic mass is 127. The molecule has 1 heterocycles. The normalized spacial score (nSPS) is 10.5. The van der Waals surface area contributed by atoms with E-state index >= 15 is 0 Å². The number of rotatable bonds is 2. The van der Waals surface area contributed by atoms with Gasteiger partial charge in [0.2, 0.25) is 0 Å². The van der Waals surface area contributed by atoms with E-state index in [1.54, 1.807) is 0 Å². The van der Waals surface area contributed by atoms with Gasteiger partial charge in [0.15, 0.2) is 0 Å². The molecule has 0 spiro atoms. The van der Waals surface area contributed by atoms with Crippen LogP contribution in [0.2, 0.25) is 0 Å². The Labute approximate surface area is 119 Å². The number of aromatic amines is 1. The third kappa shape index (κ3) is 2.06. The predicted octanol–water partition coefficient (Wildman–Crippen LogP) is 4.35. The van der Waals surface area contributed by atoms with Gasteiger partial charge in [0.05, 0.1) is 9.26 Å². The molecule has 0 fully saturated rings. The van der Waals surface area contributed by atoms with Crippen LogP contribution in [-0.2, 0) is 0 Å². The fourth-order valence-corrected chi connectivity index (χ4v) is 2.78. The molecule has 0 radical (unpaired) electrons. The van der Waals surface area contributed by atoms with Crippen molar-refractivity contribution in [2.75, 3.05) is 0 Å². The summed E-state index contributed by atoms with van der Waals surface area (Å²) in [5.41, 5.74) is 4.39. The summed E-state index contributed by atoms with van der Waals surface area (Å²) in [7, 11) is 0. The standard InChI is InChI=1S/C15H11IN2/c16-13-14(11-7-3-1-4-8-11)17-18-15(13)12-9-5-2-6-10-12/h1-10H,(H,17,18). The van der Waals surface area contributed by atoms with Crippen molar-refractivity contribution in [2.24, 2.45) is 0 Å². The Balaban J connectivity index is 2.09. The number of aromatic nitrogens is 2. The number of benzene rings is 2. The van der Waals surface area contributed by atoms with E-state index in [-0.39, 0.29) is 0 Å². The molecule has 3 heteroatoms. The van der Waals surface area contributed by atoms with Crippen LogP contribution < -0.4 is 0 Å². The van der Waals surface area contributed by atoms with Crippen LogP contribution in [-0.4, -0.2) is 10.2 Å². The number of H-pyrrole nitrogens is 1. The van der Waals surface area contributed by atoms with Crippen LogP contribution in [0.4, 0.5) is 0 Å². The molecule has 1 aromatic heterocycles. The molecule has 1 N–H and O–H groups in total. The van der Waals surface area contributed by atoms with E-state index < -0.39 is 0 Å². The lowest BCUT2D eigenvalue weighted by molar-refractivity contribution is 1.10. The van der Waals surface area contributed by atoms with Crippen molar-refractivity contribution in [1.29, 1.82) is 0 Å². The molecule has 0 unspecified atom stereocenters. The summed E-state index contributed by atoms with van der Waals surface area (Å²) in [6.07, 6.45) is 0. The second kappa shape index (κ2) is 4.94. The second-order valence-corrected chi connectivity index (χ2v) is 5.07. The zero-order chi connectivity index (χ0) is 12.4. The number of nitrogens with zero attached hydrogens (tertiary/aromatic N) is 1. The minimum Gasteiger partial charge on any atom is -0.276 e. The van der Waals surface area contributed by atoms with Gasteiger partial charge < -0.3 is 0 Å².